The van der Waals surface area contributed by atoms with Crippen LogP contribution in [0.2, 0.25) is 0 Å². The zero-order valence-corrected chi connectivity index (χ0v) is 15.7. The van der Waals surface area contributed by atoms with E-state index in [1.165, 1.54) is 4.90 Å². The Morgan fingerprint density at radius 3 is 2.69 bits per heavy atom. The van der Waals surface area contributed by atoms with Crippen molar-refractivity contribution >= 4 is 23.4 Å². The molecule has 1 aromatic carbocycles. The summed E-state index contributed by atoms with van der Waals surface area (Å²) in [7, 11) is 1.77. The van der Waals surface area contributed by atoms with Gasteiger partial charge in [0.05, 0.1) is 17.4 Å². The van der Waals surface area contributed by atoms with E-state index >= 15 is 0 Å². The van der Waals surface area contributed by atoms with E-state index in [1.807, 2.05) is 6.07 Å². The minimum Gasteiger partial charge on any atom is -0.444 e. The van der Waals surface area contributed by atoms with Crippen LogP contribution in [-0.4, -0.2) is 55.4 Å². The number of nitrogens with zero attached hydrogens (tertiary/aromatic N) is 1. The van der Waals surface area contributed by atoms with Crippen LogP contribution in [0.5, 0.6) is 0 Å². The number of benzene rings is 1. The smallest absolute Gasteiger partial charge is 0.408 e. The highest BCUT2D eigenvalue weighted by molar-refractivity contribution is 5.98. The van der Waals surface area contributed by atoms with E-state index in [0.29, 0.717) is 24.2 Å². The highest BCUT2D eigenvalue weighted by Gasteiger charge is 2.28. The first-order valence-electron chi connectivity index (χ1n) is 8.59. The molecule has 0 unspecified atom stereocenters. The Morgan fingerprint density at radius 2 is 2.12 bits per heavy atom. The number of carbonyl (C=O) groups excluding carboxylic acids is 2. The lowest BCUT2D eigenvalue weighted by molar-refractivity contribution is 0.0466. The molecule has 0 aliphatic carbocycles. The predicted octanol–water partition coefficient (Wildman–Crippen LogP) is 2.17. The van der Waals surface area contributed by atoms with Gasteiger partial charge in [0.1, 0.15) is 12.3 Å². The Morgan fingerprint density at radius 1 is 1.42 bits per heavy atom. The zero-order valence-electron chi connectivity index (χ0n) is 15.7. The SMILES string of the molecule is CNc1cc2c(cc1N)C(=O)N(C[C@@H](CF)NC(=O)OC(C)(C)C)CC2. The summed E-state index contributed by atoms with van der Waals surface area (Å²) in [5.74, 6) is -0.218. The van der Waals surface area contributed by atoms with Gasteiger partial charge in [0, 0.05) is 25.7 Å². The van der Waals surface area contributed by atoms with Crippen molar-refractivity contribution in [3.8, 4) is 0 Å². The van der Waals surface area contributed by atoms with Crippen LogP contribution >= 0.6 is 0 Å². The van der Waals surface area contributed by atoms with Gasteiger partial charge in [0.15, 0.2) is 0 Å². The third-order valence-electron chi connectivity index (χ3n) is 4.06. The predicted molar refractivity (Wildman–Crippen MR) is 99.1 cm³/mol. The second-order valence-corrected chi connectivity index (χ2v) is 7.35. The molecule has 1 atom stereocenters. The van der Waals surface area contributed by atoms with Gasteiger partial charge in [0.2, 0.25) is 0 Å². The van der Waals surface area contributed by atoms with E-state index in [9.17, 15) is 14.0 Å². The third kappa shape index (κ3) is 4.77. The molecule has 2 rings (SSSR count). The molecule has 7 nitrogen and oxygen atoms in total. The number of carbonyl (C=O) groups is 2. The van der Waals surface area contributed by atoms with E-state index in [2.05, 4.69) is 10.6 Å². The molecule has 1 aliphatic heterocycles. The van der Waals surface area contributed by atoms with Crippen molar-refractivity contribution in [3.05, 3.63) is 23.3 Å². The first kappa shape index (κ1) is 19.8. The number of nitrogens with two attached hydrogens (primary N) is 1. The fourth-order valence-corrected chi connectivity index (χ4v) is 2.86. The number of halogens is 1. The molecule has 1 aliphatic rings. The van der Waals surface area contributed by atoms with Gasteiger partial charge in [-0.15, -0.1) is 0 Å². The first-order valence-corrected chi connectivity index (χ1v) is 8.59. The number of hydrogen-bond acceptors (Lipinski definition) is 5. The van der Waals surface area contributed by atoms with Crippen LogP contribution in [0.3, 0.4) is 0 Å². The molecule has 0 saturated carbocycles. The molecule has 0 spiro atoms. The van der Waals surface area contributed by atoms with Gasteiger partial charge in [-0.1, -0.05) is 0 Å². The molecule has 8 heteroatoms. The number of nitrogen functional groups attached to an aromatic ring is 1. The molecule has 1 aromatic rings. The van der Waals surface area contributed by atoms with Gasteiger partial charge in [-0.05, 0) is 44.9 Å². The number of amides is 2. The topological polar surface area (TPSA) is 96.7 Å². The quantitative estimate of drug-likeness (QED) is 0.694. The van der Waals surface area contributed by atoms with Gasteiger partial charge in [-0.25, -0.2) is 9.18 Å². The van der Waals surface area contributed by atoms with Gasteiger partial charge in [0.25, 0.3) is 5.91 Å². The zero-order chi connectivity index (χ0) is 19.5. The number of alkyl carbamates (subject to hydrolysis) is 1. The van der Waals surface area contributed by atoms with Crippen LogP contribution in [0, 0.1) is 0 Å². The molecule has 2 amide bonds. The Bertz CT molecular complexity index is 688. The van der Waals surface area contributed by atoms with E-state index in [1.54, 1.807) is 33.9 Å². The van der Waals surface area contributed by atoms with Crippen molar-refractivity contribution in [1.29, 1.82) is 0 Å². The fourth-order valence-electron chi connectivity index (χ4n) is 2.86. The molecule has 144 valence electrons. The molecule has 0 fully saturated rings. The average molecular weight is 366 g/mol. The lowest BCUT2D eigenvalue weighted by Gasteiger charge is -2.32. The van der Waals surface area contributed by atoms with Crippen LogP contribution in [0.15, 0.2) is 12.1 Å². The Labute approximate surface area is 153 Å². The summed E-state index contributed by atoms with van der Waals surface area (Å²) in [5.41, 5.74) is 7.95. The Balaban J connectivity index is 2.07. The molecule has 0 saturated heterocycles. The number of rotatable bonds is 5. The second kappa shape index (κ2) is 7.80. The van der Waals surface area contributed by atoms with Crippen molar-refractivity contribution in [3.63, 3.8) is 0 Å². The molecule has 0 aromatic heterocycles. The third-order valence-corrected chi connectivity index (χ3v) is 4.06. The number of ether oxygens (including phenoxy) is 1. The van der Waals surface area contributed by atoms with Crippen molar-refractivity contribution in [1.82, 2.24) is 10.2 Å². The van der Waals surface area contributed by atoms with E-state index in [-0.39, 0.29) is 12.5 Å². The first-order chi connectivity index (χ1) is 12.1. The number of anilines is 2. The van der Waals surface area contributed by atoms with Crippen molar-refractivity contribution in [2.45, 2.75) is 38.8 Å². The van der Waals surface area contributed by atoms with Crippen molar-refractivity contribution in [2.24, 2.45) is 0 Å². The average Bonchev–Trinajstić information content (AvgIpc) is 2.55. The molecule has 4 N–H and O–H groups in total. The summed E-state index contributed by atoms with van der Waals surface area (Å²) in [6, 6.07) is 2.68. The van der Waals surface area contributed by atoms with E-state index in [4.69, 9.17) is 10.5 Å². The maximum Gasteiger partial charge on any atom is 0.408 e. The summed E-state index contributed by atoms with van der Waals surface area (Å²) < 4.78 is 18.5. The number of alkyl halides is 1. The lowest BCUT2D eigenvalue weighted by atomic mass is 9.97. The standard InChI is InChI=1S/C18H27FN4O3/c1-18(2,3)26-17(25)22-12(9-19)10-23-6-5-11-7-15(21-4)14(20)8-13(11)16(23)24/h7-8,12,21H,5-6,9-10,20H2,1-4H3,(H,22,25)/t12-/m1/s1. The number of fused-ring (bicyclic) bond motifs is 1. The van der Waals surface area contributed by atoms with Gasteiger partial charge >= 0.3 is 6.09 Å². The van der Waals surface area contributed by atoms with Gasteiger partial charge in [-0.3, -0.25) is 4.79 Å². The monoisotopic (exact) mass is 366 g/mol. The minimum atomic E-state index is -0.829. The van der Waals surface area contributed by atoms with Crippen LogP contribution in [0.4, 0.5) is 20.6 Å². The molecular formula is C18H27FN4O3. The highest BCUT2D eigenvalue weighted by Crippen LogP contribution is 2.28. The number of nitrogens with one attached hydrogen (secondary N) is 2. The molecule has 0 bridgehead atoms. The summed E-state index contributed by atoms with van der Waals surface area (Å²) in [6.07, 6.45) is -0.0607. The Kier molecular flexibility index (Phi) is 5.94. The van der Waals surface area contributed by atoms with E-state index < -0.39 is 24.4 Å². The highest BCUT2D eigenvalue weighted by atomic mass is 19.1. The maximum atomic E-state index is 13.4. The van der Waals surface area contributed by atoms with Crippen molar-refractivity contribution < 1.29 is 18.7 Å². The Hall–Kier alpha value is -2.51. The van der Waals surface area contributed by atoms with Crippen LogP contribution in [0.1, 0.15) is 36.7 Å². The second-order valence-electron chi connectivity index (χ2n) is 7.35. The van der Waals surface area contributed by atoms with Crippen LogP contribution < -0.4 is 16.4 Å². The summed E-state index contributed by atoms with van der Waals surface area (Å²) in [5, 5.41) is 5.47. The number of hydrogen-bond donors (Lipinski definition) is 3. The molecule has 1 heterocycles. The fraction of sp³-hybridized carbons (Fsp3) is 0.556. The summed E-state index contributed by atoms with van der Waals surface area (Å²) >= 11 is 0. The molecular weight excluding hydrogens is 339 g/mol. The normalized spacial score (nSPS) is 15.3. The van der Waals surface area contributed by atoms with Crippen molar-refractivity contribution in [2.75, 3.05) is 37.9 Å². The van der Waals surface area contributed by atoms with Crippen LogP contribution in [0.25, 0.3) is 0 Å². The maximum absolute atomic E-state index is 13.4. The lowest BCUT2D eigenvalue weighted by Crippen LogP contribution is -2.50. The summed E-state index contributed by atoms with van der Waals surface area (Å²) in [4.78, 5) is 26.1. The minimum absolute atomic E-state index is 0.0711. The largest absolute Gasteiger partial charge is 0.444 e. The molecule has 0 radical (unpaired) electrons. The van der Waals surface area contributed by atoms with E-state index in [0.717, 1.165) is 11.3 Å². The molecule has 26 heavy (non-hydrogen) atoms. The van der Waals surface area contributed by atoms with Crippen LogP contribution in [-0.2, 0) is 11.2 Å². The van der Waals surface area contributed by atoms with Gasteiger partial charge < -0.3 is 26.0 Å². The summed E-state index contributed by atoms with van der Waals surface area (Å²) in [6.45, 7) is 4.91. The van der Waals surface area contributed by atoms with Gasteiger partial charge in [-0.2, -0.15) is 0 Å².